The van der Waals surface area contributed by atoms with Gasteiger partial charge in [0.1, 0.15) is 28.0 Å². The highest BCUT2D eigenvalue weighted by atomic mass is 32.1. The van der Waals surface area contributed by atoms with Crippen LogP contribution in [0, 0.1) is 17.1 Å². The molecule has 0 saturated heterocycles. The van der Waals surface area contributed by atoms with Crippen LogP contribution in [-0.4, -0.2) is 18.5 Å². The van der Waals surface area contributed by atoms with Crippen LogP contribution in [-0.2, 0) is 9.53 Å². The number of nitrogens with zero attached hydrogens (tertiary/aromatic N) is 1. The van der Waals surface area contributed by atoms with Gasteiger partial charge in [0.15, 0.2) is 0 Å². The molecule has 0 aliphatic rings. The van der Waals surface area contributed by atoms with E-state index < -0.39 is 17.7 Å². The minimum atomic E-state index is -0.743. The van der Waals surface area contributed by atoms with Crippen molar-refractivity contribution in [2.75, 3.05) is 11.9 Å². The number of hydrogen-bond donors (Lipinski definition) is 1. The van der Waals surface area contributed by atoms with E-state index in [1.54, 1.807) is 24.4 Å². The Kier molecular flexibility index (Phi) is 6.73. The lowest BCUT2D eigenvalue weighted by molar-refractivity contribution is -0.112. The fourth-order valence-corrected chi connectivity index (χ4v) is 3.71. The second kappa shape index (κ2) is 9.63. The Morgan fingerprint density at radius 2 is 1.87 bits per heavy atom. The number of nitrogens with one attached hydrogen (secondary N) is 1. The Morgan fingerprint density at radius 1 is 1.17 bits per heavy atom. The van der Waals surface area contributed by atoms with Crippen molar-refractivity contribution in [3.8, 4) is 17.2 Å². The van der Waals surface area contributed by atoms with Crippen molar-refractivity contribution < 1.29 is 18.7 Å². The third kappa shape index (κ3) is 4.62. The largest absolute Gasteiger partial charge is 0.462 e. The molecule has 0 fully saturated rings. The number of rotatable bonds is 6. The number of benzene rings is 2. The number of anilines is 1. The lowest BCUT2D eigenvalue weighted by Gasteiger charge is -2.08. The van der Waals surface area contributed by atoms with E-state index in [-0.39, 0.29) is 28.3 Å². The molecule has 150 valence electrons. The van der Waals surface area contributed by atoms with Gasteiger partial charge < -0.3 is 10.1 Å². The van der Waals surface area contributed by atoms with E-state index >= 15 is 0 Å². The van der Waals surface area contributed by atoms with Gasteiger partial charge in [0.2, 0.25) is 0 Å². The Labute approximate surface area is 177 Å². The normalized spacial score (nSPS) is 10.9. The zero-order chi connectivity index (χ0) is 21.5. The van der Waals surface area contributed by atoms with Crippen LogP contribution in [0.15, 0.2) is 65.6 Å². The molecular formula is C23H17FN2O3S. The second-order valence-corrected chi connectivity index (χ2v) is 6.97. The highest BCUT2D eigenvalue weighted by molar-refractivity contribution is 7.15. The van der Waals surface area contributed by atoms with Crippen LogP contribution in [0.25, 0.3) is 17.2 Å². The van der Waals surface area contributed by atoms with Crippen molar-refractivity contribution >= 4 is 34.3 Å². The SMILES string of the molecule is CCOC(=O)c1c(-c2ccccc2)csc1NC(=O)C(C#N)=Cc1ccccc1F. The molecule has 0 bridgehead atoms. The predicted molar refractivity (Wildman–Crippen MR) is 114 cm³/mol. The molecule has 0 atom stereocenters. The summed E-state index contributed by atoms with van der Waals surface area (Å²) in [5.41, 5.74) is 1.45. The van der Waals surface area contributed by atoms with Crippen molar-refractivity contribution in [2.45, 2.75) is 6.92 Å². The van der Waals surface area contributed by atoms with Crippen molar-refractivity contribution in [2.24, 2.45) is 0 Å². The van der Waals surface area contributed by atoms with Crippen LogP contribution in [0.5, 0.6) is 0 Å². The summed E-state index contributed by atoms with van der Waals surface area (Å²) in [5, 5.41) is 14.0. The third-order valence-corrected chi connectivity index (χ3v) is 5.05. The quantitative estimate of drug-likeness (QED) is 0.334. The van der Waals surface area contributed by atoms with Crippen LogP contribution in [0.3, 0.4) is 0 Å². The smallest absolute Gasteiger partial charge is 0.341 e. The zero-order valence-electron chi connectivity index (χ0n) is 16.0. The average Bonchev–Trinajstić information content (AvgIpc) is 3.17. The highest BCUT2D eigenvalue weighted by Crippen LogP contribution is 2.36. The number of thiophene rings is 1. The highest BCUT2D eigenvalue weighted by Gasteiger charge is 2.23. The van der Waals surface area contributed by atoms with Gasteiger partial charge in [-0.05, 0) is 24.6 Å². The van der Waals surface area contributed by atoms with Crippen LogP contribution < -0.4 is 5.32 Å². The Balaban J connectivity index is 1.97. The summed E-state index contributed by atoms with van der Waals surface area (Å²) in [6.45, 7) is 1.86. The van der Waals surface area contributed by atoms with Crippen LogP contribution in [0.4, 0.5) is 9.39 Å². The molecule has 3 aromatic rings. The van der Waals surface area contributed by atoms with E-state index in [0.29, 0.717) is 5.56 Å². The number of ether oxygens (including phenoxy) is 1. The first-order valence-electron chi connectivity index (χ1n) is 9.06. The van der Waals surface area contributed by atoms with Gasteiger partial charge in [-0.25, -0.2) is 9.18 Å². The van der Waals surface area contributed by atoms with Gasteiger partial charge >= 0.3 is 5.97 Å². The minimum Gasteiger partial charge on any atom is -0.462 e. The second-order valence-electron chi connectivity index (χ2n) is 6.09. The summed E-state index contributed by atoms with van der Waals surface area (Å²) in [6, 6.07) is 16.8. The van der Waals surface area contributed by atoms with E-state index in [1.807, 2.05) is 30.3 Å². The first-order valence-corrected chi connectivity index (χ1v) is 9.94. The molecule has 0 unspecified atom stereocenters. The molecule has 0 radical (unpaired) electrons. The van der Waals surface area contributed by atoms with Crippen LogP contribution in [0.2, 0.25) is 0 Å². The zero-order valence-corrected chi connectivity index (χ0v) is 16.8. The van der Waals surface area contributed by atoms with E-state index in [9.17, 15) is 19.2 Å². The summed E-state index contributed by atoms with van der Waals surface area (Å²) >= 11 is 1.15. The molecule has 1 N–H and O–H groups in total. The Morgan fingerprint density at radius 3 is 2.53 bits per heavy atom. The maximum atomic E-state index is 13.9. The molecule has 0 saturated carbocycles. The Bertz CT molecular complexity index is 1150. The van der Waals surface area contributed by atoms with E-state index in [1.165, 1.54) is 24.3 Å². The van der Waals surface area contributed by atoms with Crippen LogP contribution >= 0.6 is 11.3 Å². The molecular weight excluding hydrogens is 403 g/mol. The number of nitriles is 1. The van der Waals surface area contributed by atoms with Gasteiger partial charge in [-0.2, -0.15) is 5.26 Å². The molecule has 0 aliphatic carbocycles. The van der Waals surface area contributed by atoms with Gasteiger partial charge in [0.25, 0.3) is 5.91 Å². The summed E-state index contributed by atoms with van der Waals surface area (Å²) in [5.74, 6) is -1.87. The molecule has 0 aliphatic heterocycles. The van der Waals surface area contributed by atoms with Gasteiger partial charge in [-0.15, -0.1) is 11.3 Å². The maximum Gasteiger partial charge on any atom is 0.341 e. The fraction of sp³-hybridized carbons (Fsp3) is 0.0870. The number of halogens is 1. The first kappa shape index (κ1) is 21.0. The third-order valence-electron chi connectivity index (χ3n) is 4.15. The monoisotopic (exact) mass is 420 g/mol. The van der Waals surface area contributed by atoms with Gasteiger partial charge in [0, 0.05) is 16.5 Å². The summed E-state index contributed by atoms with van der Waals surface area (Å²) in [6.07, 6.45) is 1.17. The number of hydrogen-bond acceptors (Lipinski definition) is 5. The van der Waals surface area contributed by atoms with Crippen molar-refractivity contribution in [3.63, 3.8) is 0 Å². The molecule has 2 aromatic carbocycles. The van der Waals surface area contributed by atoms with Crippen molar-refractivity contribution in [1.29, 1.82) is 5.26 Å². The Hall–Kier alpha value is -3.76. The number of amides is 1. The fourth-order valence-electron chi connectivity index (χ4n) is 2.75. The number of carbonyl (C=O) groups is 2. The van der Waals surface area contributed by atoms with Gasteiger partial charge in [-0.3, -0.25) is 4.79 Å². The summed E-state index contributed by atoms with van der Waals surface area (Å²) in [4.78, 5) is 25.2. The molecule has 1 amide bonds. The van der Waals surface area contributed by atoms with E-state index in [2.05, 4.69) is 5.32 Å². The van der Waals surface area contributed by atoms with E-state index in [0.717, 1.165) is 16.9 Å². The first-order chi connectivity index (χ1) is 14.5. The maximum absolute atomic E-state index is 13.9. The molecule has 30 heavy (non-hydrogen) atoms. The number of carbonyl (C=O) groups excluding carboxylic acids is 2. The average molecular weight is 420 g/mol. The summed E-state index contributed by atoms with van der Waals surface area (Å²) in [7, 11) is 0. The van der Waals surface area contributed by atoms with Gasteiger partial charge in [0.05, 0.1) is 6.61 Å². The van der Waals surface area contributed by atoms with Crippen LogP contribution in [0.1, 0.15) is 22.8 Å². The predicted octanol–water partition coefficient (Wildman–Crippen LogP) is 5.28. The minimum absolute atomic E-state index is 0.117. The molecule has 7 heteroatoms. The molecule has 3 rings (SSSR count). The lowest BCUT2D eigenvalue weighted by atomic mass is 10.0. The van der Waals surface area contributed by atoms with Crippen molar-refractivity contribution in [3.05, 3.63) is 82.5 Å². The molecule has 5 nitrogen and oxygen atoms in total. The summed E-state index contributed by atoms with van der Waals surface area (Å²) < 4.78 is 19.0. The topological polar surface area (TPSA) is 79.2 Å². The van der Waals surface area contributed by atoms with Gasteiger partial charge in [-0.1, -0.05) is 48.5 Å². The van der Waals surface area contributed by atoms with Crippen molar-refractivity contribution in [1.82, 2.24) is 0 Å². The standard InChI is InChI=1S/C23H17FN2O3S/c1-2-29-23(28)20-18(15-8-4-3-5-9-15)14-30-22(20)26-21(27)17(13-25)12-16-10-6-7-11-19(16)24/h3-12,14H,2H2,1H3,(H,26,27). The molecule has 1 aromatic heterocycles. The lowest BCUT2D eigenvalue weighted by Crippen LogP contribution is -2.16. The molecule has 0 spiro atoms. The molecule has 1 heterocycles. The number of esters is 1. The van der Waals surface area contributed by atoms with E-state index in [4.69, 9.17) is 4.74 Å².